The Hall–Kier alpha value is -1.38. The van der Waals surface area contributed by atoms with E-state index in [2.05, 4.69) is 26.0 Å². The van der Waals surface area contributed by atoms with Crippen molar-refractivity contribution in [1.29, 1.82) is 0 Å². The van der Waals surface area contributed by atoms with Crippen LogP contribution in [0.15, 0.2) is 24.3 Å². The lowest BCUT2D eigenvalue weighted by atomic mass is 9.91. The first-order chi connectivity index (χ1) is 11.7. The van der Waals surface area contributed by atoms with Crippen molar-refractivity contribution in [1.82, 2.24) is 0 Å². The molecule has 0 aromatic heterocycles. The van der Waals surface area contributed by atoms with E-state index < -0.39 is 0 Å². The van der Waals surface area contributed by atoms with Crippen LogP contribution in [0.25, 0.3) is 0 Å². The van der Waals surface area contributed by atoms with E-state index in [0.29, 0.717) is 31.1 Å². The molecule has 136 valence electrons. The summed E-state index contributed by atoms with van der Waals surface area (Å²) < 4.78 is 17.6. The van der Waals surface area contributed by atoms with Crippen molar-refractivity contribution in [2.75, 3.05) is 13.3 Å². The summed E-state index contributed by atoms with van der Waals surface area (Å²) in [6, 6.07) is 8.19. The van der Waals surface area contributed by atoms with Crippen molar-refractivity contribution in [2.45, 2.75) is 71.6 Å². The van der Waals surface area contributed by atoms with Crippen LogP contribution < -0.4 is 4.74 Å². The van der Waals surface area contributed by atoms with Crippen molar-refractivity contribution >= 4 is 5.78 Å². The van der Waals surface area contributed by atoms with E-state index in [-0.39, 0.29) is 6.67 Å². The first kappa shape index (κ1) is 20.7. The lowest BCUT2D eigenvalue weighted by molar-refractivity contribution is -0.119. The Morgan fingerprint density at radius 1 is 1.08 bits per heavy atom. The maximum Gasteiger partial charge on any atom is 0.132 e. The number of hydrogen-bond acceptors (Lipinski definition) is 2. The van der Waals surface area contributed by atoms with Crippen LogP contribution in [0, 0.1) is 5.92 Å². The molecule has 0 fully saturated rings. The molecular weight excluding hydrogens is 303 g/mol. The number of rotatable bonds is 14. The first-order valence-electron chi connectivity index (χ1n) is 9.49. The molecule has 0 aliphatic heterocycles. The number of carbonyl (C=O) groups is 1. The third-order valence-corrected chi connectivity index (χ3v) is 4.46. The molecule has 0 saturated heterocycles. The van der Waals surface area contributed by atoms with E-state index in [1.54, 1.807) is 0 Å². The highest BCUT2D eigenvalue weighted by Gasteiger charge is 2.10. The van der Waals surface area contributed by atoms with Gasteiger partial charge in [-0.15, -0.1) is 0 Å². The van der Waals surface area contributed by atoms with Crippen molar-refractivity contribution in [3.63, 3.8) is 0 Å². The van der Waals surface area contributed by atoms with Crippen molar-refractivity contribution in [2.24, 2.45) is 5.92 Å². The number of unbranched alkanes of at least 4 members (excludes halogenated alkanes) is 2. The zero-order valence-electron chi connectivity index (χ0n) is 15.4. The van der Waals surface area contributed by atoms with Crippen LogP contribution >= 0.6 is 0 Å². The largest absolute Gasteiger partial charge is 0.494 e. The predicted molar refractivity (Wildman–Crippen MR) is 98.4 cm³/mol. The topological polar surface area (TPSA) is 26.3 Å². The third kappa shape index (κ3) is 9.05. The molecule has 3 heteroatoms. The van der Waals surface area contributed by atoms with Crippen LogP contribution in [0.5, 0.6) is 5.75 Å². The van der Waals surface area contributed by atoms with Crippen molar-refractivity contribution in [3.05, 3.63) is 29.8 Å². The Morgan fingerprint density at radius 3 is 2.46 bits per heavy atom. The second-order valence-electron chi connectivity index (χ2n) is 6.55. The minimum absolute atomic E-state index is 0.276. The average Bonchev–Trinajstić information content (AvgIpc) is 2.61. The molecule has 0 spiro atoms. The summed E-state index contributed by atoms with van der Waals surface area (Å²) in [6.07, 6.45) is 7.97. The van der Waals surface area contributed by atoms with Crippen LogP contribution in [0.3, 0.4) is 0 Å². The molecule has 0 unspecified atom stereocenters. The van der Waals surface area contributed by atoms with Gasteiger partial charge >= 0.3 is 0 Å². The van der Waals surface area contributed by atoms with Gasteiger partial charge in [-0.25, -0.2) is 0 Å². The summed E-state index contributed by atoms with van der Waals surface area (Å²) >= 11 is 0. The highest BCUT2D eigenvalue weighted by atomic mass is 19.1. The summed E-state index contributed by atoms with van der Waals surface area (Å²) in [5, 5.41) is 0. The van der Waals surface area contributed by atoms with Crippen molar-refractivity contribution < 1.29 is 13.9 Å². The van der Waals surface area contributed by atoms with Gasteiger partial charge in [0, 0.05) is 12.8 Å². The van der Waals surface area contributed by atoms with E-state index >= 15 is 0 Å². The molecule has 0 aliphatic carbocycles. The van der Waals surface area contributed by atoms with Crippen LogP contribution in [0.2, 0.25) is 0 Å². The van der Waals surface area contributed by atoms with Gasteiger partial charge < -0.3 is 4.74 Å². The van der Waals surface area contributed by atoms with Crippen LogP contribution in [-0.2, 0) is 11.2 Å². The molecule has 1 rings (SSSR count). The molecule has 0 saturated carbocycles. The fraction of sp³-hybridized carbons (Fsp3) is 0.667. The van der Waals surface area contributed by atoms with Gasteiger partial charge in [-0.2, -0.15) is 0 Å². The Bertz CT molecular complexity index is 442. The summed E-state index contributed by atoms with van der Waals surface area (Å²) in [5.74, 6) is 1.82. The quantitative estimate of drug-likeness (QED) is 0.394. The Morgan fingerprint density at radius 2 is 1.83 bits per heavy atom. The van der Waals surface area contributed by atoms with Gasteiger partial charge in [0.05, 0.1) is 13.3 Å². The monoisotopic (exact) mass is 336 g/mol. The molecular formula is C21H33FO2. The fourth-order valence-corrected chi connectivity index (χ4v) is 2.76. The number of benzene rings is 1. The zero-order chi connectivity index (χ0) is 17.6. The van der Waals surface area contributed by atoms with E-state index in [1.807, 2.05) is 12.1 Å². The van der Waals surface area contributed by atoms with E-state index in [1.165, 1.54) is 5.56 Å². The molecule has 0 aliphatic rings. The van der Waals surface area contributed by atoms with Crippen molar-refractivity contribution in [3.8, 4) is 5.75 Å². The lowest BCUT2D eigenvalue weighted by Gasteiger charge is -2.15. The predicted octanol–water partition coefficient (Wildman–Crippen LogP) is 5.92. The minimum Gasteiger partial charge on any atom is -0.494 e. The summed E-state index contributed by atoms with van der Waals surface area (Å²) in [7, 11) is 0. The van der Waals surface area contributed by atoms with E-state index in [9.17, 15) is 9.18 Å². The third-order valence-electron chi connectivity index (χ3n) is 4.46. The maximum absolute atomic E-state index is 12.0. The summed E-state index contributed by atoms with van der Waals surface area (Å²) in [4.78, 5) is 11.8. The SMILES string of the molecule is CCCCC(=O)CC[C@H](CC)Cc1ccc(OCCCCF)cc1. The molecule has 0 amide bonds. The number of hydrogen-bond donors (Lipinski definition) is 0. The number of ether oxygens (including phenoxy) is 1. The van der Waals surface area contributed by atoms with Gasteiger partial charge in [0.25, 0.3) is 0 Å². The fourth-order valence-electron chi connectivity index (χ4n) is 2.76. The number of halogens is 1. The standard InChI is InChI=1S/C21H33FO2/c1-3-5-8-20(23)12-9-18(4-2)17-19-10-13-21(14-11-19)24-16-7-6-15-22/h10-11,13-14,18H,3-9,12,15-17H2,1-2H3/t18-/m0/s1. The first-order valence-corrected chi connectivity index (χ1v) is 9.49. The number of ketones is 1. The zero-order valence-corrected chi connectivity index (χ0v) is 15.4. The normalized spacial score (nSPS) is 12.1. The maximum atomic E-state index is 12.0. The summed E-state index contributed by atoms with van der Waals surface area (Å²) in [6.45, 7) is 4.61. The molecule has 1 atom stereocenters. The molecule has 2 nitrogen and oxygen atoms in total. The van der Waals surface area contributed by atoms with E-state index in [4.69, 9.17) is 4.74 Å². The molecule has 24 heavy (non-hydrogen) atoms. The highest BCUT2D eigenvalue weighted by molar-refractivity contribution is 5.78. The van der Waals surface area contributed by atoms with Gasteiger partial charge in [0.2, 0.25) is 0 Å². The molecule has 0 N–H and O–H groups in total. The van der Waals surface area contributed by atoms with Gasteiger partial charge in [-0.1, -0.05) is 38.8 Å². The van der Waals surface area contributed by atoms with Gasteiger partial charge in [-0.05, 0) is 55.7 Å². The van der Waals surface area contributed by atoms with E-state index in [0.717, 1.165) is 50.7 Å². The highest BCUT2D eigenvalue weighted by Crippen LogP contribution is 2.21. The van der Waals surface area contributed by atoms with Crippen LogP contribution in [0.4, 0.5) is 4.39 Å². The van der Waals surface area contributed by atoms with Gasteiger partial charge in [-0.3, -0.25) is 9.18 Å². The lowest BCUT2D eigenvalue weighted by Crippen LogP contribution is -2.07. The minimum atomic E-state index is -0.276. The number of carbonyl (C=O) groups excluding carboxylic acids is 1. The van der Waals surface area contributed by atoms with Gasteiger partial charge in [0.1, 0.15) is 11.5 Å². The molecule has 1 aromatic rings. The molecule has 1 aromatic carbocycles. The second-order valence-corrected chi connectivity index (χ2v) is 6.55. The summed E-state index contributed by atoms with van der Waals surface area (Å²) in [5.41, 5.74) is 1.29. The number of Topliss-reactive ketones (excluding diaryl/α,β-unsaturated/α-hetero) is 1. The Balaban J connectivity index is 2.35. The molecule has 0 radical (unpaired) electrons. The molecule has 0 bridgehead atoms. The average molecular weight is 336 g/mol. The Labute approximate surface area is 146 Å². The smallest absolute Gasteiger partial charge is 0.132 e. The Kier molecular flexibility index (Phi) is 11.2. The molecule has 0 heterocycles. The van der Waals surface area contributed by atoms with Crippen LogP contribution in [0.1, 0.15) is 70.8 Å². The number of alkyl halides is 1. The second kappa shape index (κ2) is 13.0. The van der Waals surface area contributed by atoms with Gasteiger partial charge in [0.15, 0.2) is 0 Å². The van der Waals surface area contributed by atoms with Crippen LogP contribution in [-0.4, -0.2) is 19.1 Å².